The molecule has 1 amide bonds. The molecule has 0 aliphatic carbocycles. The minimum atomic E-state index is 0.121. The molecule has 0 bridgehead atoms. The van der Waals surface area contributed by atoms with Crippen LogP contribution in [0.1, 0.15) is 18.4 Å². The third kappa shape index (κ3) is 4.19. The lowest BCUT2D eigenvalue weighted by atomic mass is 9.86. The van der Waals surface area contributed by atoms with Gasteiger partial charge < -0.3 is 14.5 Å². The molecule has 1 aromatic carbocycles. The van der Waals surface area contributed by atoms with Crippen LogP contribution in [0.25, 0.3) is 0 Å². The fourth-order valence-electron chi connectivity index (χ4n) is 4.85. The zero-order valence-electron chi connectivity index (χ0n) is 17.4. The van der Waals surface area contributed by atoms with Crippen LogP contribution in [-0.2, 0) is 9.53 Å². The van der Waals surface area contributed by atoms with Gasteiger partial charge in [-0.3, -0.25) is 14.6 Å². The summed E-state index contributed by atoms with van der Waals surface area (Å²) in [5.74, 6) is 0.294. The summed E-state index contributed by atoms with van der Waals surface area (Å²) in [4.78, 5) is 22.3. The van der Waals surface area contributed by atoms with E-state index in [2.05, 4.69) is 57.8 Å². The van der Waals surface area contributed by atoms with Gasteiger partial charge >= 0.3 is 0 Å². The number of rotatable bonds is 3. The predicted molar refractivity (Wildman–Crippen MR) is 112 cm³/mol. The van der Waals surface area contributed by atoms with Gasteiger partial charge in [0.05, 0.1) is 6.54 Å². The number of hydrogen-bond donors (Lipinski definition) is 0. The quantitative estimate of drug-likeness (QED) is 0.786. The van der Waals surface area contributed by atoms with Gasteiger partial charge in [0, 0.05) is 70.3 Å². The van der Waals surface area contributed by atoms with Gasteiger partial charge in [-0.1, -0.05) is 12.1 Å². The molecular weight excluding hydrogens is 352 g/mol. The molecule has 3 saturated heterocycles. The van der Waals surface area contributed by atoms with Gasteiger partial charge in [0.1, 0.15) is 0 Å². The smallest absolute Gasteiger partial charge is 0.236 e. The van der Waals surface area contributed by atoms with Crippen molar-refractivity contribution < 1.29 is 9.53 Å². The summed E-state index contributed by atoms with van der Waals surface area (Å²) in [7, 11) is 2.21. The molecule has 3 heterocycles. The van der Waals surface area contributed by atoms with E-state index in [0.717, 1.165) is 71.9 Å². The second-order valence-corrected chi connectivity index (χ2v) is 8.68. The van der Waals surface area contributed by atoms with Gasteiger partial charge in [0.25, 0.3) is 0 Å². The lowest BCUT2D eigenvalue weighted by Gasteiger charge is -2.51. The second-order valence-electron chi connectivity index (χ2n) is 8.68. The van der Waals surface area contributed by atoms with E-state index in [1.165, 1.54) is 11.3 Å². The van der Waals surface area contributed by atoms with E-state index in [1.807, 2.05) is 0 Å². The summed E-state index contributed by atoms with van der Waals surface area (Å²) >= 11 is 0. The molecule has 6 heteroatoms. The lowest BCUT2D eigenvalue weighted by molar-refractivity contribution is -0.141. The van der Waals surface area contributed by atoms with Crippen molar-refractivity contribution in [1.29, 1.82) is 0 Å². The fraction of sp³-hybridized carbons (Fsp3) is 0.682. The number of anilines is 1. The molecule has 3 aliphatic heterocycles. The van der Waals surface area contributed by atoms with Crippen molar-refractivity contribution in [2.24, 2.45) is 0 Å². The highest BCUT2D eigenvalue weighted by Crippen LogP contribution is 2.30. The number of aryl methyl sites for hydroxylation is 1. The summed E-state index contributed by atoms with van der Waals surface area (Å²) < 4.78 is 5.57. The Labute approximate surface area is 169 Å². The van der Waals surface area contributed by atoms with Crippen molar-refractivity contribution in [3.8, 4) is 0 Å². The van der Waals surface area contributed by atoms with E-state index in [-0.39, 0.29) is 5.54 Å². The number of likely N-dealkylation sites (N-methyl/N-ethyl adjacent to an activating group) is 1. The maximum atomic E-state index is 13.0. The van der Waals surface area contributed by atoms with Crippen molar-refractivity contribution in [1.82, 2.24) is 14.7 Å². The first-order chi connectivity index (χ1) is 13.6. The van der Waals surface area contributed by atoms with Crippen LogP contribution in [0.4, 0.5) is 5.69 Å². The van der Waals surface area contributed by atoms with E-state index in [4.69, 9.17) is 4.74 Å². The Morgan fingerprint density at radius 3 is 2.54 bits per heavy atom. The maximum Gasteiger partial charge on any atom is 0.236 e. The van der Waals surface area contributed by atoms with Gasteiger partial charge in [0.15, 0.2) is 0 Å². The molecule has 3 fully saturated rings. The Morgan fingerprint density at radius 2 is 1.82 bits per heavy atom. The minimum absolute atomic E-state index is 0.121. The van der Waals surface area contributed by atoms with Crippen molar-refractivity contribution in [2.75, 3.05) is 77.5 Å². The average molecular weight is 387 g/mol. The number of nitrogens with zero attached hydrogens (tertiary/aromatic N) is 4. The number of ether oxygens (including phenoxy) is 1. The molecule has 0 atom stereocenters. The highest BCUT2D eigenvalue weighted by molar-refractivity contribution is 5.78. The number of carbonyl (C=O) groups is 1. The topological polar surface area (TPSA) is 39.3 Å². The summed E-state index contributed by atoms with van der Waals surface area (Å²) in [5.41, 5.74) is 2.72. The Morgan fingerprint density at radius 1 is 1.07 bits per heavy atom. The third-order valence-corrected chi connectivity index (χ3v) is 6.87. The number of carbonyl (C=O) groups excluding carboxylic acids is 1. The van der Waals surface area contributed by atoms with Gasteiger partial charge in [-0.2, -0.15) is 0 Å². The fourth-order valence-corrected chi connectivity index (χ4v) is 4.85. The Balaban J connectivity index is 1.30. The molecule has 3 aliphatic rings. The molecule has 0 radical (unpaired) electrons. The molecule has 28 heavy (non-hydrogen) atoms. The molecular formula is C22H34N4O2. The van der Waals surface area contributed by atoms with Crippen LogP contribution < -0.4 is 4.90 Å². The van der Waals surface area contributed by atoms with Gasteiger partial charge in [0.2, 0.25) is 5.91 Å². The van der Waals surface area contributed by atoms with Crippen LogP contribution in [0.2, 0.25) is 0 Å². The van der Waals surface area contributed by atoms with Crippen LogP contribution in [-0.4, -0.2) is 98.8 Å². The summed E-state index contributed by atoms with van der Waals surface area (Å²) in [6, 6.07) is 8.70. The summed E-state index contributed by atoms with van der Waals surface area (Å²) in [6.07, 6.45) is 2.06. The number of piperazine rings is 2. The Hall–Kier alpha value is -1.63. The lowest BCUT2D eigenvalue weighted by Crippen LogP contribution is -2.64. The molecule has 0 N–H and O–H groups in total. The SMILES string of the molecule is Cc1cccc(N2CCN(CC(=O)N3CCN(C)C4(CCOCC4)C3)CC2)c1. The molecule has 154 valence electrons. The average Bonchev–Trinajstić information content (AvgIpc) is 2.71. The molecule has 4 rings (SSSR count). The first-order valence-corrected chi connectivity index (χ1v) is 10.7. The van der Waals surface area contributed by atoms with Crippen LogP contribution >= 0.6 is 0 Å². The number of amides is 1. The number of benzene rings is 1. The highest BCUT2D eigenvalue weighted by atomic mass is 16.5. The molecule has 1 spiro atoms. The first-order valence-electron chi connectivity index (χ1n) is 10.7. The predicted octanol–water partition coefficient (Wildman–Crippen LogP) is 1.44. The summed E-state index contributed by atoms with van der Waals surface area (Å²) in [5, 5.41) is 0. The highest BCUT2D eigenvalue weighted by Gasteiger charge is 2.42. The standard InChI is InChI=1S/C22H34N4O2/c1-19-4-3-5-20(16-19)25-12-9-24(10-13-25)17-21(27)26-11-8-23(2)22(18-26)6-14-28-15-7-22/h3-5,16H,6-15,17-18H2,1-2H3. The molecule has 0 aromatic heterocycles. The van der Waals surface area contributed by atoms with E-state index in [9.17, 15) is 4.79 Å². The normalized spacial score (nSPS) is 23.9. The number of hydrogen-bond acceptors (Lipinski definition) is 5. The van der Waals surface area contributed by atoms with Crippen molar-refractivity contribution in [3.05, 3.63) is 29.8 Å². The van der Waals surface area contributed by atoms with Gasteiger partial charge in [-0.15, -0.1) is 0 Å². The van der Waals surface area contributed by atoms with Crippen molar-refractivity contribution in [2.45, 2.75) is 25.3 Å². The van der Waals surface area contributed by atoms with E-state index < -0.39 is 0 Å². The molecule has 1 aromatic rings. The van der Waals surface area contributed by atoms with Gasteiger partial charge in [-0.25, -0.2) is 0 Å². The Bertz CT molecular complexity index is 681. The van der Waals surface area contributed by atoms with E-state index in [1.54, 1.807) is 0 Å². The molecule has 6 nitrogen and oxygen atoms in total. The maximum absolute atomic E-state index is 13.0. The summed E-state index contributed by atoms with van der Waals surface area (Å²) in [6.45, 7) is 10.9. The van der Waals surface area contributed by atoms with Crippen LogP contribution in [0, 0.1) is 6.92 Å². The van der Waals surface area contributed by atoms with Crippen LogP contribution in [0.15, 0.2) is 24.3 Å². The van der Waals surface area contributed by atoms with Crippen LogP contribution in [0.3, 0.4) is 0 Å². The van der Waals surface area contributed by atoms with E-state index >= 15 is 0 Å². The molecule has 0 unspecified atom stereocenters. The van der Waals surface area contributed by atoms with Crippen molar-refractivity contribution >= 4 is 11.6 Å². The zero-order chi connectivity index (χ0) is 19.6. The van der Waals surface area contributed by atoms with Gasteiger partial charge in [-0.05, 0) is 44.5 Å². The largest absolute Gasteiger partial charge is 0.381 e. The van der Waals surface area contributed by atoms with Crippen molar-refractivity contribution in [3.63, 3.8) is 0 Å². The minimum Gasteiger partial charge on any atom is -0.381 e. The van der Waals surface area contributed by atoms with Crippen LogP contribution in [0.5, 0.6) is 0 Å². The third-order valence-electron chi connectivity index (χ3n) is 6.87. The van der Waals surface area contributed by atoms with E-state index in [0.29, 0.717) is 12.5 Å². The molecule has 0 saturated carbocycles. The zero-order valence-corrected chi connectivity index (χ0v) is 17.4. The Kier molecular flexibility index (Phi) is 5.90. The first kappa shape index (κ1) is 19.7. The second kappa shape index (κ2) is 8.39. The monoisotopic (exact) mass is 386 g/mol.